The highest BCUT2D eigenvalue weighted by atomic mass is 19.1. The second-order valence-corrected chi connectivity index (χ2v) is 5.50. The van der Waals surface area contributed by atoms with E-state index in [0.29, 0.717) is 12.1 Å². The number of ether oxygens (including phenoxy) is 2. The van der Waals surface area contributed by atoms with Crippen LogP contribution >= 0.6 is 0 Å². The monoisotopic (exact) mass is 345 g/mol. The van der Waals surface area contributed by atoms with Gasteiger partial charge in [-0.1, -0.05) is 24.3 Å². The van der Waals surface area contributed by atoms with Crippen molar-refractivity contribution in [2.45, 2.75) is 26.0 Å². The van der Waals surface area contributed by atoms with Crippen LogP contribution in [-0.2, 0) is 27.3 Å². The van der Waals surface area contributed by atoms with Crippen LogP contribution in [0.1, 0.15) is 18.1 Å². The molecule has 2 aromatic carbocycles. The molecular formula is C19H20FNO4. The average Bonchev–Trinajstić information content (AvgIpc) is 2.62. The zero-order valence-electron chi connectivity index (χ0n) is 14.1. The van der Waals surface area contributed by atoms with Gasteiger partial charge in [-0.3, -0.25) is 9.59 Å². The van der Waals surface area contributed by atoms with Gasteiger partial charge < -0.3 is 14.8 Å². The molecule has 25 heavy (non-hydrogen) atoms. The Morgan fingerprint density at radius 1 is 1.04 bits per heavy atom. The fourth-order valence-electron chi connectivity index (χ4n) is 2.14. The van der Waals surface area contributed by atoms with Crippen LogP contribution in [0.3, 0.4) is 0 Å². The maximum absolute atomic E-state index is 12.8. The van der Waals surface area contributed by atoms with Crippen LogP contribution in [0.5, 0.6) is 5.75 Å². The van der Waals surface area contributed by atoms with E-state index >= 15 is 0 Å². The Hall–Kier alpha value is -2.89. The Morgan fingerprint density at radius 3 is 2.24 bits per heavy atom. The quantitative estimate of drug-likeness (QED) is 0.784. The number of hydrogen-bond acceptors (Lipinski definition) is 4. The summed E-state index contributed by atoms with van der Waals surface area (Å²) < 4.78 is 23.0. The number of hydrogen-bond donors (Lipinski definition) is 1. The predicted octanol–water partition coefficient (Wildman–Crippen LogP) is 2.62. The largest absolute Gasteiger partial charge is 0.497 e. The van der Waals surface area contributed by atoms with Gasteiger partial charge in [-0.05, 0) is 42.3 Å². The molecule has 1 N–H and O–H groups in total. The molecule has 0 saturated heterocycles. The molecule has 0 aliphatic heterocycles. The van der Waals surface area contributed by atoms with Crippen molar-refractivity contribution < 1.29 is 23.5 Å². The average molecular weight is 345 g/mol. The minimum Gasteiger partial charge on any atom is -0.497 e. The molecule has 2 rings (SSSR count). The van der Waals surface area contributed by atoms with Crippen LogP contribution in [0.2, 0.25) is 0 Å². The smallest absolute Gasteiger partial charge is 0.311 e. The van der Waals surface area contributed by atoms with Gasteiger partial charge in [0.05, 0.1) is 13.5 Å². The van der Waals surface area contributed by atoms with Crippen molar-refractivity contribution >= 4 is 11.9 Å². The molecule has 132 valence electrons. The van der Waals surface area contributed by atoms with E-state index in [0.717, 1.165) is 11.3 Å². The summed E-state index contributed by atoms with van der Waals surface area (Å²) in [4.78, 5) is 23.9. The second-order valence-electron chi connectivity index (χ2n) is 5.50. The molecule has 6 heteroatoms. The van der Waals surface area contributed by atoms with Crippen LogP contribution in [0.15, 0.2) is 48.5 Å². The number of carbonyl (C=O) groups is 2. The highest BCUT2D eigenvalue weighted by molar-refractivity contribution is 5.83. The van der Waals surface area contributed by atoms with E-state index < -0.39 is 12.1 Å². The van der Waals surface area contributed by atoms with Crippen molar-refractivity contribution in [2.75, 3.05) is 7.11 Å². The fraction of sp³-hybridized carbons (Fsp3) is 0.263. The Morgan fingerprint density at radius 2 is 1.64 bits per heavy atom. The van der Waals surface area contributed by atoms with E-state index in [4.69, 9.17) is 9.47 Å². The Balaban J connectivity index is 1.78. The van der Waals surface area contributed by atoms with E-state index in [2.05, 4.69) is 5.32 Å². The van der Waals surface area contributed by atoms with Gasteiger partial charge in [-0.25, -0.2) is 4.39 Å². The number of halogens is 1. The van der Waals surface area contributed by atoms with Crippen LogP contribution in [0.25, 0.3) is 0 Å². The molecule has 0 fully saturated rings. The SMILES string of the molecule is COc1ccc(CNC(=O)[C@@H](C)OC(=O)Cc2ccc(F)cc2)cc1. The summed E-state index contributed by atoms with van der Waals surface area (Å²) >= 11 is 0. The van der Waals surface area contributed by atoms with Crippen molar-refractivity contribution in [1.82, 2.24) is 5.32 Å². The lowest BCUT2D eigenvalue weighted by Gasteiger charge is -2.14. The summed E-state index contributed by atoms with van der Waals surface area (Å²) in [7, 11) is 1.58. The van der Waals surface area contributed by atoms with Gasteiger partial charge >= 0.3 is 5.97 Å². The zero-order chi connectivity index (χ0) is 18.2. The Bertz CT molecular complexity index is 713. The molecule has 1 atom stereocenters. The van der Waals surface area contributed by atoms with E-state index in [1.807, 2.05) is 12.1 Å². The van der Waals surface area contributed by atoms with Crippen LogP contribution in [0, 0.1) is 5.82 Å². The predicted molar refractivity (Wildman–Crippen MR) is 90.5 cm³/mol. The highest BCUT2D eigenvalue weighted by Gasteiger charge is 2.17. The van der Waals surface area contributed by atoms with Crippen molar-refractivity contribution in [1.29, 1.82) is 0 Å². The molecule has 0 aliphatic carbocycles. The number of carbonyl (C=O) groups excluding carboxylic acids is 2. The number of amides is 1. The molecule has 0 radical (unpaired) electrons. The number of esters is 1. The summed E-state index contributed by atoms with van der Waals surface area (Å²) in [6.07, 6.45) is -0.928. The number of rotatable bonds is 7. The van der Waals surface area contributed by atoms with E-state index in [-0.39, 0.29) is 18.1 Å². The lowest BCUT2D eigenvalue weighted by atomic mass is 10.1. The first-order valence-electron chi connectivity index (χ1n) is 7.82. The number of nitrogens with one attached hydrogen (secondary N) is 1. The minimum atomic E-state index is -0.911. The third-order valence-electron chi connectivity index (χ3n) is 3.56. The molecule has 0 spiro atoms. The molecule has 0 aromatic heterocycles. The zero-order valence-corrected chi connectivity index (χ0v) is 14.1. The first-order chi connectivity index (χ1) is 12.0. The van der Waals surface area contributed by atoms with Crippen molar-refractivity contribution in [3.8, 4) is 5.75 Å². The van der Waals surface area contributed by atoms with Gasteiger partial charge in [0.2, 0.25) is 0 Å². The summed E-state index contributed by atoms with van der Waals surface area (Å²) in [6.45, 7) is 1.83. The Kier molecular flexibility index (Phi) is 6.51. The fourth-order valence-corrected chi connectivity index (χ4v) is 2.14. The molecule has 0 bridgehead atoms. The van der Waals surface area contributed by atoms with E-state index in [9.17, 15) is 14.0 Å². The van der Waals surface area contributed by atoms with Gasteiger partial charge in [0.25, 0.3) is 5.91 Å². The maximum atomic E-state index is 12.8. The van der Waals surface area contributed by atoms with E-state index in [1.165, 1.54) is 31.2 Å². The lowest BCUT2D eigenvalue weighted by molar-refractivity contribution is -0.154. The lowest BCUT2D eigenvalue weighted by Crippen LogP contribution is -2.35. The van der Waals surface area contributed by atoms with Gasteiger partial charge in [-0.2, -0.15) is 0 Å². The minimum absolute atomic E-state index is 0.0175. The maximum Gasteiger partial charge on any atom is 0.311 e. The highest BCUT2D eigenvalue weighted by Crippen LogP contribution is 2.11. The van der Waals surface area contributed by atoms with Crippen molar-refractivity contribution in [3.05, 3.63) is 65.5 Å². The summed E-state index contributed by atoms with van der Waals surface area (Å²) in [5, 5.41) is 2.71. The number of methoxy groups -OCH3 is 1. The topological polar surface area (TPSA) is 64.6 Å². The summed E-state index contributed by atoms with van der Waals surface area (Å²) in [6, 6.07) is 12.8. The molecule has 0 unspecified atom stereocenters. The standard InChI is InChI=1S/C19H20FNO4/c1-13(25-18(22)11-14-3-7-16(20)8-4-14)19(23)21-12-15-5-9-17(24-2)10-6-15/h3-10,13H,11-12H2,1-2H3,(H,21,23)/t13-/m1/s1. The molecule has 1 amide bonds. The molecule has 0 heterocycles. The van der Waals surface area contributed by atoms with Gasteiger partial charge in [0.15, 0.2) is 6.10 Å². The van der Waals surface area contributed by atoms with Crippen LogP contribution in [-0.4, -0.2) is 25.1 Å². The molecule has 0 saturated carbocycles. The normalized spacial score (nSPS) is 11.5. The molecule has 5 nitrogen and oxygen atoms in total. The van der Waals surface area contributed by atoms with Crippen molar-refractivity contribution in [2.24, 2.45) is 0 Å². The van der Waals surface area contributed by atoms with Crippen LogP contribution < -0.4 is 10.1 Å². The van der Waals surface area contributed by atoms with Crippen molar-refractivity contribution in [3.63, 3.8) is 0 Å². The third kappa shape index (κ3) is 5.91. The van der Waals surface area contributed by atoms with E-state index in [1.54, 1.807) is 19.2 Å². The number of benzene rings is 2. The summed E-state index contributed by atoms with van der Waals surface area (Å²) in [5.74, 6) is -0.566. The first-order valence-corrected chi connectivity index (χ1v) is 7.82. The van der Waals surface area contributed by atoms with Crippen LogP contribution in [0.4, 0.5) is 4.39 Å². The molecule has 2 aromatic rings. The third-order valence-corrected chi connectivity index (χ3v) is 3.56. The van der Waals surface area contributed by atoms with Gasteiger partial charge in [0, 0.05) is 6.54 Å². The Labute approximate surface area is 145 Å². The summed E-state index contributed by atoms with van der Waals surface area (Å²) in [5.41, 5.74) is 1.52. The van der Waals surface area contributed by atoms with Gasteiger partial charge in [0.1, 0.15) is 11.6 Å². The van der Waals surface area contributed by atoms with Gasteiger partial charge in [-0.15, -0.1) is 0 Å². The molecule has 0 aliphatic rings. The first kappa shape index (κ1) is 18.4. The second kappa shape index (κ2) is 8.82. The molecular weight excluding hydrogens is 325 g/mol.